The van der Waals surface area contributed by atoms with E-state index in [0.29, 0.717) is 69.4 Å². The number of aromatic nitrogens is 5. The van der Waals surface area contributed by atoms with E-state index in [2.05, 4.69) is 41.5 Å². The van der Waals surface area contributed by atoms with E-state index in [1.165, 1.54) is 33.2 Å². The molecule has 3 fully saturated rings. The number of nitrogen functional groups attached to an aromatic ring is 2. The Morgan fingerprint density at radius 2 is 0.955 bits per heavy atom. The molecular formula is C83H88F2N16O9. The van der Waals surface area contributed by atoms with E-state index in [1.54, 1.807) is 84.5 Å². The highest BCUT2D eigenvalue weighted by Crippen LogP contribution is 2.42. The molecular weight excluding hydrogens is 1400 g/mol. The Balaban J connectivity index is 0.731. The fraction of sp³-hybridized carbons (Fsp3) is 0.301. The number of hydrogen-bond donors (Lipinski definition) is 11. The molecule has 3 aliphatic heterocycles. The van der Waals surface area contributed by atoms with Crippen LogP contribution in [-0.2, 0) is 91.5 Å². The Hall–Kier alpha value is -11.9. The number of fused-ring (bicyclic) bond motifs is 1. The van der Waals surface area contributed by atoms with E-state index >= 15 is 9.59 Å². The van der Waals surface area contributed by atoms with Gasteiger partial charge < -0.3 is 74.2 Å². The average molecular weight is 1490 g/mol. The summed E-state index contributed by atoms with van der Waals surface area (Å²) >= 11 is 0. The van der Waals surface area contributed by atoms with Crippen molar-refractivity contribution in [2.45, 2.75) is 130 Å². The highest BCUT2D eigenvalue weighted by molar-refractivity contribution is 5.94. The fourth-order valence-corrected chi connectivity index (χ4v) is 15.2. The van der Waals surface area contributed by atoms with E-state index in [0.717, 1.165) is 34.4 Å². The molecule has 7 aromatic carbocycles. The van der Waals surface area contributed by atoms with Gasteiger partial charge in [0, 0.05) is 64.0 Å². The van der Waals surface area contributed by atoms with Gasteiger partial charge in [0.25, 0.3) is 0 Å². The van der Waals surface area contributed by atoms with Crippen LogP contribution < -0.4 is 44.2 Å². The zero-order valence-corrected chi connectivity index (χ0v) is 60.6. The number of anilines is 3. The van der Waals surface area contributed by atoms with Gasteiger partial charge in [0.2, 0.25) is 35.4 Å². The maximum Gasteiger partial charge on any atom is 0.245 e. The molecule has 13 rings (SSSR count). The van der Waals surface area contributed by atoms with Crippen molar-refractivity contribution < 1.29 is 52.9 Å². The summed E-state index contributed by atoms with van der Waals surface area (Å²) in [7, 11) is 1.75. The highest BCUT2D eigenvalue weighted by Gasteiger charge is 2.53. The van der Waals surface area contributed by atoms with Gasteiger partial charge >= 0.3 is 0 Å². The van der Waals surface area contributed by atoms with Gasteiger partial charge in [0.05, 0.1) is 37.2 Å². The molecule has 110 heavy (non-hydrogen) atoms. The molecule has 3 aromatic heterocycles. The Kier molecular flexibility index (Phi) is 22.8. The quantitative estimate of drug-likeness (QED) is 0.0272. The summed E-state index contributed by atoms with van der Waals surface area (Å²) < 4.78 is 30.3. The molecule has 15 N–H and O–H groups in total. The van der Waals surface area contributed by atoms with Crippen molar-refractivity contribution in [2.24, 2.45) is 18.5 Å². The maximum atomic E-state index is 15.5. The second kappa shape index (κ2) is 32.9. The maximum absolute atomic E-state index is 15.5. The third-order valence-corrected chi connectivity index (χ3v) is 21.3. The lowest BCUT2D eigenvalue weighted by Gasteiger charge is -2.30. The van der Waals surface area contributed by atoms with Crippen LogP contribution in [-0.4, -0.2) is 146 Å². The van der Waals surface area contributed by atoms with Gasteiger partial charge in [-0.05, 0) is 160 Å². The summed E-state index contributed by atoms with van der Waals surface area (Å²) in [4.78, 5) is 100. The highest BCUT2D eigenvalue weighted by atomic mass is 19.2. The van der Waals surface area contributed by atoms with Crippen molar-refractivity contribution in [1.29, 1.82) is 0 Å². The first-order chi connectivity index (χ1) is 52.9. The molecule has 0 bridgehead atoms. The number of amides is 6. The van der Waals surface area contributed by atoms with Gasteiger partial charge in [-0.1, -0.05) is 139 Å². The van der Waals surface area contributed by atoms with E-state index in [1.807, 2.05) is 103 Å². The van der Waals surface area contributed by atoms with Crippen LogP contribution in [0.15, 0.2) is 207 Å². The molecule has 3 saturated heterocycles. The van der Waals surface area contributed by atoms with Crippen LogP contribution in [0.4, 0.5) is 26.1 Å². The number of carbonyl (C=O) groups is 6. The molecule has 568 valence electrons. The number of rotatable bonds is 27. The molecule has 27 heteroatoms. The lowest BCUT2D eigenvalue weighted by Crippen LogP contribution is -2.51. The summed E-state index contributed by atoms with van der Waals surface area (Å²) in [6.07, 6.45) is 4.12. The van der Waals surface area contributed by atoms with Gasteiger partial charge in [-0.3, -0.25) is 28.8 Å². The number of pyridine rings is 2. The number of halogens is 2. The summed E-state index contributed by atoms with van der Waals surface area (Å²) in [6.45, 7) is -0.929. The molecule has 6 heterocycles. The number of hydrogen-bond acceptors (Lipinski definition) is 18. The normalized spacial score (nSPS) is 20.4. The van der Waals surface area contributed by atoms with Crippen LogP contribution in [0.1, 0.15) is 88.6 Å². The number of nitrogens with one attached hydrogen (secondary N) is 4. The van der Waals surface area contributed by atoms with Crippen LogP contribution in [0.25, 0.3) is 22.2 Å². The molecule has 0 aliphatic carbocycles. The smallest absolute Gasteiger partial charge is 0.245 e. The molecule has 3 aliphatic rings. The van der Waals surface area contributed by atoms with Crippen molar-refractivity contribution in [3.63, 3.8) is 0 Å². The van der Waals surface area contributed by atoms with Crippen LogP contribution >= 0.6 is 0 Å². The molecule has 10 aromatic rings. The van der Waals surface area contributed by atoms with Crippen molar-refractivity contribution in [1.82, 2.24) is 55.6 Å². The molecule has 9 atom stereocenters. The first-order valence-corrected chi connectivity index (χ1v) is 36.6. The van der Waals surface area contributed by atoms with Gasteiger partial charge in [-0.2, -0.15) is 0 Å². The van der Waals surface area contributed by atoms with Crippen LogP contribution in [0, 0.1) is 11.6 Å². The number of nitrogens with two attached hydrogens (primary N) is 4. The number of carbonyl (C=O) groups excluding carboxylic acids is 6. The lowest BCUT2D eigenvalue weighted by atomic mass is 9.90. The lowest BCUT2D eigenvalue weighted by molar-refractivity contribution is -0.139. The first-order valence-electron chi connectivity index (χ1n) is 36.6. The minimum Gasteiger partial charge on any atom is -0.384 e. The van der Waals surface area contributed by atoms with Gasteiger partial charge in [0.1, 0.15) is 58.1 Å². The fourth-order valence-electron chi connectivity index (χ4n) is 15.2. The van der Waals surface area contributed by atoms with E-state index in [-0.39, 0.29) is 88.4 Å². The number of likely N-dealkylation sites (tertiary alicyclic amines) is 3. The predicted octanol–water partition coefficient (Wildman–Crippen LogP) is 6.22. The number of nitrogens with zero attached hydrogens (tertiary/aromatic N) is 8. The van der Waals surface area contributed by atoms with Crippen molar-refractivity contribution in [3.05, 3.63) is 268 Å². The minimum atomic E-state index is -1.93. The van der Waals surface area contributed by atoms with Gasteiger partial charge in [0.15, 0.2) is 11.6 Å². The summed E-state index contributed by atoms with van der Waals surface area (Å²) in [5.74, 6) is -5.14. The SMILES string of the molecule is Cn1nnc2cc(CNC(=O)C3CC(O)(c4cccc(NC(CCc5ccccc5)C(=O)N5CC(O)(c6ccccc6)CC5C(=O)NCc5ccnc(N)c5)c4)CN3C(=O)C(N)CCc3ccccc3)c(-c3ccc(CCC(N)C(=O)N4CC(O)(c5ccc(F)c(F)c5)CC4C(=O)NCc4ccnc(N)c4)cc3)cc21. The largest absolute Gasteiger partial charge is 0.384 e. The zero-order chi connectivity index (χ0) is 77.4. The van der Waals surface area contributed by atoms with Crippen LogP contribution in [0.5, 0.6) is 0 Å². The monoisotopic (exact) mass is 1490 g/mol. The third kappa shape index (κ3) is 17.3. The number of aliphatic hydroxyl groups is 3. The number of aryl methyl sites for hydroxylation is 4. The predicted molar refractivity (Wildman–Crippen MR) is 409 cm³/mol. The molecule has 0 spiro atoms. The average Bonchev–Trinajstić information content (AvgIpc) is 1.64. The topological polar surface area (TPSA) is 382 Å². The summed E-state index contributed by atoms with van der Waals surface area (Å²) in [6, 6.07) is 48.9. The summed E-state index contributed by atoms with van der Waals surface area (Å²) in [5, 5.41) is 58.4. The van der Waals surface area contributed by atoms with Crippen LogP contribution in [0.2, 0.25) is 0 Å². The molecule has 25 nitrogen and oxygen atoms in total. The van der Waals surface area contributed by atoms with E-state index in [9.17, 15) is 43.3 Å². The summed E-state index contributed by atoms with van der Waals surface area (Å²) in [5.41, 5.74) is 28.4. The Morgan fingerprint density at radius 3 is 1.47 bits per heavy atom. The van der Waals surface area contributed by atoms with Crippen molar-refractivity contribution in [3.8, 4) is 11.1 Å². The molecule has 0 saturated carbocycles. The van der Waals surface area contributed by atoms with Crippen LogP contribution in [0.3, 0.4) is 0 Å². The number of benzene rings is 7. The molecule has 9 unspecified atom stereocenters. The Morgan fingerprint density at radius 1 is 0.491 bits per heavy atom. The second-order valence-corrected chi connectivity index (χ2v) is 29.0. The van der Waals surface area contributed by atoms with Gasteiger partial charge in [-0.25, -0.2) is 23.4 Å². The van der Waals surface area contributed by atoms with Crippen molar-refractivity contribution in [2.75, 3.05) is 36.4 Å². The molecule has 0 radical (unpaired) electrons. The first kappa shape index (κ1) is 76.3. The van der Waals surface area contributed by atoms with Gasteiger partial charge in [-0.15, -0.1) is 5.10 Å². The van der Waals surface area contributed by atoms with E-state index < -0.39 is 107 Å². The molecule has 6 amide bonds. The van der Waals surface area contributed by atoms with Crippen molar-refractivity contribution >= 4 is 63.8 Å². The minimum absolute atomic E-state index is 0.0170. The Bertz CT molecular complexity index is 5010. The van der Waals surface area contributed by atoms with E-state index in [4.69, 9.17) is 22.9 Å². The standard InChI is InChI=1S/C83H88F2N16O9/c1-98-69-41-62(56-25-20-53(21-26-56)23-30-66(87)79(106)100-50-83(110,60-27-28-63(84)64(85)40-60)44-70(100)75(102)92-45-54-32-34-90-73(88)36-54)57(38-68(69)96-97-98)47-94-77(104)71-43-82(109,49-99(71)78(105)65(86)29-22-51-12-5-2-6-13-51)59-18-11-19-61(39-59)95-67(31-24-52-14-7-3-8-15-52)80(107)101-48-81(108,58-16-9-4-10-17-58)42-72(101)76(103)93-46-55-33-35-91-74(89)37-55/h2-21,25-28,32-41,65-67,70-72,95,108-110H,22-24,29-31,42-50,86-87H2,1H3,(H2,88,90)(H2,89,91)(H,92,102)(H,93,103)(H,94,104). The number of β-amino-alcohol motifs (C(OH)–C–C–N with tert-alkyl or cyclic N) is 3. The second-order valence-electron chi connectivity index (χ2n) is 29.0. The zero-order valence-electron chi connectivity index (χ0n) is 60.6. The Labute approximate surface area is 634 Å². The third-order valence-electron chi connectivity index (χ3n) is 21.3.